The van der Waals surface area contributed by atoms with E-state index in [2.05, 4.69) is 10.6 Å². The Morgan fingerprint density at radius 1 is 0.926 bits per heavy atom. The largest absolute Gasteiger partial charge is 0.376 e. The molecule has 3 rings (SSSR count). The first kappa shape index (κ1) is 19.0. The lowest BCUT2D eigenvalue weighted by Crippen LogP contribution is -2.31. The minimum atomic E-state index is -0.106. The van der Waals surface area contributed by atoms with Crippen LogP contribution in [0, 0.1) is 6.92 Å². The van der Waals surface area contributed by atoms with Crippen LogP contribution in [0.3, 0.4) is 0 Å². The first-order valence-electron chi connectivity index (χ1n) is 9.61. The summed E-state index contributed by atoms with van der Waals surface area (Å²) in [6.45, 7) is 3.85. The zero-order valence-corrected chi connectivity index (χ0v) is 15.8. The predicted octanol–water partition coefficient (Wildman–Crippen LogP) is 4.06. The smallest absolute Gasteiger partial charge is 0.253 e. The first-order chi connectivity index (χ1) is 13.1. The van der Waals surface area contributed by atoms with Crippen LogP contribution < -0.4 is 10.6 Å². The number of hydrogen-bond donors (Lipinski definition) is 2. The third-order valence-electron chi connectivity index (χ3n) is 4.78. The molecule has 0 radical (unpaired) electrons. The van der Waals surface area contributed by atoms with Crippen molar-refractivity contribution in [1.82, 2.24) is 4.90 Å². The van der Waals surface area contributed by atoms with Crippen molar-refractivity contribution in [1.29, 1.82) is 0 Å². The van der Waals surface area contributed by atoms with Crippen LogP contribution in [0.4, 0.5) is 11.4 Å². The summed E-state index contributed by atoms with van der Waals surface area (Å²) >= 11 is 0. The Morgan fingerprint density at radius 2 is 1.63 bits per heavy atom. The fourth-order valence-corrected chi connectivity index (χ4v) is 3.30. The summed E-state index contributed by atoms with van der Waals surface area (Å²) in [5.41, 5.74) is 3.42. The highest BCUT2D eigenvalue weighted by atomic mass is 16.2. The normalized spacial score (nSPS) is 14.3. The summed E-state index contributed by atoms with van der Waals surface area (Å²) in [5, 5.41) is 5.97. The molecule has 0 unspecified atom stereocenters. The molecular weight excluding hydrogens is 338 g/mol. The maximum atomic E-state index is 12.6. The second kappa shape index (κ2) is 9.21. The van der Waals surface area contributed by atoms with Crippen molar-refractivity contribution in [2.45, 2.75) is 32.6 Å². The summed E-state index contributed by atoms with van der Waals surface area (Å²) < 4.78 is 0. The van der Waals surface area contributed by atoms with Crippen molar-refractivity contribution in [2.75, 3.05) is 30.3 Å². The molecule has 27 heavy (non-hydrogen) atoms. The number of nitrogens with one attached hydrogen (secondary N) is 2. The van der Waals surface area contributed by atoms with Gasteiger partial charge in [-0.25, -0.2) is 0 Å². The van der Waals surface area contributed by atoms with Gasteiger partial charge in [-0.1, -0.05) is 25.0 Å². The van der Waals surface area contributed by atoms with Gasteiger partial charge < -0.3 is 15.5 Å². The van der Waals surface area contributed by atoms with Gasteiger partial charge in [0.1, 0.15) is 0 Å². The van der Waals surface area contributed by atoms with Crippen LogP contribution >= 0.6 is 0 Å². The predicted molar refractivity (Wildman–Crippen MR) is 109 cm³/mol. The molecule has 2 aromatic rings. The maximum Gasteiger partial charge on any atom is 0.253 e. The number of likely N-dealkylation sites (tertiary alicyclic amines) is 1. The van der Waals surface area contributed by atoms with Gasteiger partial charge >= 0.3 is 0 Å². The molecule has 1 heterocycles. The van der Waals surface area contributed by atoms with Crippen LogP contribution in [0.2, 0.25) is 0 Å². The van der Waals surface area contributed by atoms with E-state index in [0.29, 0.717) is 5.56 Å². The summed E-state index contributed by atoms with van der Waals surface area (Å²) in [6.07, 6.45) is 4.58. The minimum Gasteiger partial charge on any atom is -0.376 e. The van der Waals surface area contributed by atoms with E-state index in [9.17, 15) is 9.59 Å². The number of nitrogens with zero attached hydrogens (tertiary/aromatic N) is 1. The third kappa shape index (κ3) is 5.58. The van der Waals surface area contributed by atoms with E-state index < -0.39 is 0 Å². The van der Waals surface area contributed by atoms with Gasteiger partial charge in [-0.2, -0.15) is 0 Å². The van der Waals surface area contributed by atoms with Gasteiger partial charge in [-0.3, -0.25) is 9.59 Å². The molecule has 0 bridgehead atoms. The van der Waals surface area contributed by atoms with E-state index in [1.807, 2.05) is 60.4 Å². The number of rotatable bonds is 5. The van der Waals surface area contributed by atoms with Gasteiger partial charge in [0.25, 0.3) is 5.91 Å². The van der Waals surface area contributed by atoms with Crippen molar-refractivity contribution in [3.8, 4) is 0 Å². The lowest BCUT2D eigenvalue weighted by Gasteiger charge is -2.20. The van der Waals surface area contributed by atoms with Gasteiger partial charge in [0, 0.05) is 30.0 Å². The van der Waals surface area contributed by atoms with Crippen molar-refractivity contribution in [2.24, 2.45) is 0 Å². The molecule has 2 N–H and O–H groups in total. The van der Waals surface area contributed by atoms with E-state index >= 15 is 0 Å². The number of amides is 2. The molecule has 0 aliphatic carbocycles. The van der Waals surface area contributed by atoms with Crippen LogP contribution in [0.1, 0.15) is 41.6 Å². The molecule has 1 fully saturated rings. The molecule has 2 aromatic carbocycles. The zero-order valence-electron chi connectivity index (χ0n) is 15.8. The summed E-state index contributed by atoms with van der Waals surface area (Å²) in [6, 6.07) is 15.1. The van der Waals surface area contributed by atoms with Crippen molar-refractivity contribution in [3.05, 3.63) is 59.7 Å². The highest BCUT2D eigenvalue weighted by Gasteiger charge is 2.17. The summed E-state index contributed by atoms with van der Waals surface area (Å²) in [7, 11) is 0. The summed E-state index contributed by atoms with van der Waals surface area (Å²) in [5.74, 6) is -0.00837. The van der Waals surface area contributed by atoms with E-state index in [0.717, 1.165) is 42.9 Å². The number of carbonyl (C=O) groups is 2. The SMILES string of the molecule is Cc1cccc(NC(=O)CNc2ccc(C(=O)N3CCCCCC3)cc2)c1. The van der Waals surface area contributed by atoms with Gasteiger partial charge in [-0.05, 0) is 61.7 Å². The molecule has 0 spiro atoms. The van der Waals surface area contributed by atoms with Crippen LogP contribution in [0.5, 0.6) is 0 Å². The molecular formula is C22H27N3O2. The van der Waals surface area contributed by atoms with Crippen molar-refractivity contribution < 1.29 is 9.59 Å². The third-order valence-corrected chi connectivity index (χ3v) is 4.78. The molecule has 1 aliphatic heterocycles. The Morgan fingerprint density at radius 3 is 2.30 bits per heavy atom. The molecule has 2 amide bonds. The fraction of sp³-hybridized carbons (Fsp3) is 0.364. The van der Waals surface area contributed by atoms with Crippen LogP contribution in [0.15, 0.2) is 48.5 Å². The van der Waals surface area contributed by atoms with E-state index in [-0.39, 0.29) is 18.4 Å². The molecule has 0 aromatic heterocycles. The second-order valence-electron chi connectivity index (χ2n) is 7.05. The quantitative estimate of drug-likeness (QED) is 0.840. The lowest BCUT2D eigenvalue weighted by molar-refractivity contribution is -0.114. The van der Waals surface area contributed by atoms with Crippen molar-refractivity contribution in [3.63, 3.8) is 0 Å². The Hall–Kier alpha value is -2.82. The Labute approximate surface area is 160 Å². The van der Waals surface area contributed by atoms with Gasteiger partial charge in [0.05, 0.1) is 6.54 Å². The highest BCUT2D eigenvalue weighted by molar-refractivity contribution is 5.95. The molecule has 5 heteroatoms. The average molecular weight is 365 g/mol. The summed E-state index contributed by atoms with van der Waals surface area (Å²) in [4.78, 5) is 26.6. The number of benzene rings is 2. The van der Waals surface area contributed by atoms with Gasteiger partial charge in [0.2, 0.25) is 5.91 Å². The monoisotopic (exact) mass is 365 g/mol. The maximum absolute atomic E-state index is 12.6. The van der Waals surface area contributed by atoms with Crippen LogP contribution in [-0.2, 0) is 4.79 Å². The van der Waals surface area contributed by atoms with Crippen LogP contribution in [0.25, 0.3) is 0 Å². The van der Waals surface area contributed by atoms with E-state index in [1.54, 1.807) is 0 Å². The lowest BCUT2D eigenvalue weighted by atomic mass is 10.1. The molecule has 1 saturated heterocycles. The number of carbonyl (C=O) groups excluding carboxylic acids is 2. The topological polar surface area (TPSA) is 61.4 Å². The number of aryl methyl sites for hydroxylation is 1. The minimum absolute atomic E-state index is 0.0978. The molecule has 0 saturated carbocycles. The Bertz CT molecular complexity index is 778. The molecule has 142 valence electrons. The first-order valence-corrected chi connectivity index (χ1v) is 9.61. The second-order valence-corrected chi connectivity index (χ2v) is 7.05. The van der Waals surface area contributed by atoms with Gasteiger partial charge in [-0.15, -0.1) is 0 Å². The van der Waals surface area contributed by atoms with Crippen LogP contribution in [-0.4, -0.2) is 36.3 Å². The van der Waals surface area contributed by atoms with Gasteiger partial charge in [0.15, 0.2) is 0 Å². The molecule has 1 aliphatic rings. The molecule has 0 atom stereocenters. The fourth-order valence-electron chi connectivity index (χ4n) is 3.30. The van der Waals surface area contributed by atoms with E-state index in [1.165, 1.54) is 12.8 Å². The van der Waals surface area contributed by atoms with Crippen molar-refractivity contribution >= 4 is 23.2 Å². The highest BCUT2D eigenvalue weighted by Crippen LogP contribution is 2.16. The average Bonchev–Trinajstić information content (AvgIpc) is 2.96. The number of anilines is 2. The number of hydrogen-bond acceptors (Lipinski definition) is 3. The Kier molecular flexibility index (Phi) is 6.47. The standard InChI is InChI=1S/C22H27N3O2/c1-17-7-6-8-20(15-17)24-21(26)16-23-19-11-9-18(10-12-19)22(27)25-13-4-2-3-5-14-25/h6-12,15,23H,2-5,13-14,16H2,1H3,(H,24,26). The molecule has 5 nitrogen and oxygen atoms in total. The van der Waals surface area contributed by atoms with E-state index in [4.69, 9.17) is 0 Å². The Balaban J connectivity index is 1.51. The zero-order chi connectivity index (χ0) is 19.1.